The van der Waals surface area contributed by atoms with E-state index in [0.717, 1.165) is 17.9 Å². The van der Waals surface area contributed by atoms with Crippen LogP contribution in [0.4, 0.5) is 0 Å². The summed E-state index contributed by atoms with van der Waals surface area (Å²) in [5, 5.41) is 5.02. The van der Waals surface area contributed by atoms with Gasteiger partial charge in [0.15, 0.2) is 0 Å². The van der Waals surface area contributed by atoms with Crippen molar-refractivity contribution in [1.82, 2.24) is 10.6 Å². The van der Waals surface area contributed by atoms with Gasteiger partial charge in [-0.25, -0.2) is 0 Å². The van der Waals surface area contributed by atoms with E-state index in [1.807, 2.05) is 0 Å². The Balaban J connectivity index is 2.36. The maximum atomic E-state index is 11.4. The average molecular weight is 258 g/mol. The first-order valence-electron chi connectivity index (χ1n) is 5.43. The molecular formula is C11H18N2O3S. The summed E-state index contributed by atoms with van der Waals surface area (Å²) in [5.74, 6) is 0.603. The van der Waals surface area contributed by atoms with E-state index in [-0.39, 0.29) is 12.1 Å². The summed E-state index contributed by atoms with van der Waals surface area (Å²) in [7, 11) is 1.63. The SMILES string of the molecule is C=CCNC(=O)C(=O)NCC1(OC)CCSC1. The highest BCUT2D eigenvalue weighted by Crippen LogP contribution is 2.30. The van der Waals surface area contributed by atoms with Crippen LogP contribution in [0.25, 0.3) is 0 Å². The van der Waals surface area contributed by atoms with E-state index in [1.54, 1.807) is 18.9 Å². The quantitative estimate of drug-likeness (QED) is 0.535. The molecule has 0 saturated carbocycles. The molecule has 1 aliphatic rings. The summed E-state index contributed by atoms with van der Waals surface area (Å²) in [6.45, 7) is 4.12. The number of ether oxygens (including phenoxy) is 1. The van der Waals surface area contributed by atoms with Crippen LogP contribution < -0.4 is 10.6 Å². The van der Waals surface area contributed by atoms with Crippen LogP contribution in [0, 0.1) is 0 Å². The molecule has 1 fully saturated rings. The molecule has 0 aromatic rings. The third-order valence-corrected chi connectivity index (χ3v) is 3.91. The Morgan fingerprint density at radius 2 is 2.18 bits per heavy atom. The van der Waals surface area contributed by atoms with Gasteiger partial charge in [0, 0.05) is 26.0 Å². The van der Waals surface area contributed by atoms with Crippen LogP contribution in [-0.2, 0) is 14.3 Å². The molecule has 0 aromatic carbocycles. The number of amides is 2. The average Bonchev–Trinajstić information content (AvgIpc) is 2.82. The van der Waals surface area contributed by atoms with Gasteiger partial charge in [0.2, 0.25) is 0 Å². The fourth-order valence-electron chi connectivity index (χ4n) is 1.53. The van der Waals surface area contributed by atoms with Crippen LogP contribution in [0.3, 0.4) is 0 Å². The Kier molecular flexibility index (Phi) is 5.50. The van der Waals surface area contributed by atoms with Crippen molar-refractivity contribution in [2.45, 2.75) is 12.0 Å². The van der Waals surface area contributed by atoms with Crippen LogP contribution in [0.2, 0.25) is 0 Å². The molecule has 1 unspecified atom stereocenters. The summed E-state index contributed by atoms with van der Waals surface area (Å²) >= 11 is 1.79. The third kappa shape index (κ3) is 4.05. The summed E-state index contributed by atoms with van der Waals surface area (Å²) in [5.41, 5.74) is -0.320. The molecule has 1 heterocycles. The van der Waals surface area contributed by atoms with E-state index >= 15 is 0 Å². The molecule has 0 spiro atoms. The topological polar surface area (TPSA) is 67.4 Å². The predicted octanol–water partition coefficient (Wildman–Crippen LogP) is -0.0731. The summed E-state index contributed by atoms with van der Waals surface area (Å²) < 4.78 is 5.43. The number of nitrogens with one attached hydrogen (secondary N) is 2. The number of hydrogen-bond acceptors (Lipinski definition) is 4. The number of thioether (sulfide) groups is 1. The first-order valence-corrected chi connectivity index (χ1v) is 6.59. The Labute approximate surface area is 105 Å². The minimum atomic E-state index is -0.637. The van der Waals surface area contributed by atoms with Gasteiger partial charge in [0.25, 0.3) is 0 Å². The first-order chi connectivity index (χ1) is 8.13. The van der Waals surface area contributed by atoms with Crippen molar-refractivity contribution in [2.75, 3.05) is 31.7 Å². The van der Waals surface area contributed by atoms with E-state index in [9.17, 15) is 9.59 Å². The lowest BCUT2D eigenvalue weighted by Crippen LogP contribution is -2.48. The van der Waals surface area contributed by atoms with Crippen LogP contribution in [0.15, 0.2) is 12.7 Å². The number of methoxy groups -OCH3 is 1. The highest BCUT2D eigenvalue weighted by Gasteiger charge is 2.35. The molecular weight excluding hydrogens is 240 g/mol. The van der Waals surface area contributed by atoms with Crippen molar-refractivity contribution in [2.24, 2.45) is 0 Å². The summed E-state index contributed by atoms with van der Waals surface area (Å²) in [4.78, 5) is 22.7. The molecule has 17 heavy (non-hydrogen) atoms. The standard InChI is InChI=1S/C11H18N2O3S/c1-3-5-12-9(14)10(15)13-7-11(16-2)4-6-17-8-11/h3H,1,4-8H2,2H3,(H,12,14)(H,13,15). The minimum absolute atomic E-state index is 0.289. The number of carbonyl (C=O) groups is 2. The van der Waals surface area contributed by atoms with Crippen LogP contribution >= 0.6 is 11.8 Å². The molecule has 1 rings (SSSR count). The van der Waals surface area contributed by atoms with Gasteiger partial charge in [-0.1, -0.05) is 6.08 Å². The smallest absolute Gasteiger partial charge is 0.309 e. The second kappa shape index (κ2) is 6.66. The van der Waals surface area contributed by atoms with Gasteiger partial charge in [-0.15, -0.1) is 6.58 Å². The lowest BCUT2D eigenvalue weighted by molar-refractivity contribution is -0.139. The molecule has 1 aliphatic heterocycles. The Bertz CT molecular complexity index is 301. The molecule has 1 saturated heterocycles. The molecule has 0 aliphatic carbocycles. The second-order valence-corrected chi connectivity index (χ2v) is 4.98. The fraction of sp³-hybridized carbons (Fsp3) is 0.636. The van der Waals surface area contributed by atoms with Crippen molar-refractivity contribution in [3.05, 3.63) is 12.7 Å². The lowest BCUT2D eigenvalue weighted by Gasteiger charge is -2.26. The van der Waals surface area contributed by atoms with Gasteiger partial charge in [0.1, 0.15) is 0 Å². The highest BCUT2D eigenvalue weighted by atomic mass is 32.2. The van der Waals surface area contributed by atoms with E-state index in [2.05, 4.69) is 17.2 Å². The van der Waals surface area contributed by atoms with Crippen LogP contribution in [0.5, 0.6) is 0 Å². The van der Waals surface area contributed by atoms with E-state index in [4.69, 9.17) is 4.74 Å². The number of rotatable bonds is 5. The zero-order valence-electron chi connectivity index (χ0n) is 9.95. The Morgan fingerprint density at radius 1 is 1.47 bits per heavy atom. The molecule has 96 valence electrons. The van der Waals surface area contributed by atoms with E-state index in [1.165, 1.54) is 6.08 Å². The van der Waals surface area contributed by atoms with Gasteiger partial charge in [-0.2, -0.15) is 11.8 Å². The zero-order valence-corrected chi connectivity index (χ0v) is 10.8. The van der Waals surface area contributed by atoms with Crippen molar-refractivity contribution < 1.29 is 14.3 Å². The molecule has 2 amide bonds. The minimum Gasteiger partial charge on any atom is -0.376 e. The molecule has 0 aromatic heterocycles. The van der Waals surface area contributed by atoms with E-state index in [0.29, 0.717) is 6.54 Å². The van der Waals surface area contributed by atoms with Crippen molar-refractivity contribution >= 4 is 23.6 Å². The number of hydrogen-bond donors (Lipinski definition) is 2. The molecule has 0 bridgehead atoms. The molecule has 5 nitrogen and oxygen atoms in total. The highest BCUT2D eigenvalue weighted by molar-refractivity contribution is 7.99. The summed E-state index contributed by atoms with van der Waals surface area (Å²) in [6, 6.07) is 0. The van der Waals surface area contributed by atoms with Gasteiger partial charge in [-0.3, -0.25) is 9.59 Å². The van der Waals surface area contributed by atoms with E-state index < -0.39 is 11.8 Å². The monoisotopic (exact) mass is 258 g/mol. The van der Waals surface area contributed by atoms with Crippen molar-refractivity contribution in [3.63, 3.8) is 0 Å². The van der Waals surface area contributed by atoms with Gasteiger partial charge < -0.3 is 15.4 Å². The molecule has 1 atom stereocenters. The van der Waals surface area contributed by atoms with Crippen molar-refractivity contribution in [1.29, 1.82) is 0 Å². The van der Waals surface area contributed by atoms with Crippen molar-refractivity contribution in [3.8, 4) is 0 Å². The molecule has 0 radical (unpaired) electrons. The Morgan fingerprint density at radius 3 is 2.71 bits per heavy atom. The van der Waals surface area contributed by atoms with Crippen LogP contribution in [-0.4, -0.2) is 49.1 Å². The third-order valence-electron chi connectivity index (χ3n) is 2.68. The van der Waals surface area contributed by atoms with Gasteiger partial charge >= 0.3 is 11.8 Å². The summed E-state index contributed by atoms with van der Waals surface area (Å²) in [6.07, 6.45) is 2.41. The number of carbonyl (C=O) groups excluding carboxylic acids is 2. The van der Waals surface area contributed by atoms with Gasteiger partial charge in [-0.05, 0) is 12.2 Å². The first kappa shape index (κ1) is 14.1. The molecule has 6 heteroatoms. The second-order valence-electron chi connectivity index (χ2n) is 3.87. The lowest BCUT2D eigenvalue weighted by atomic mass is 10.0. The zero-order chi connectivity index (χ0) is 12.7. The fourth-order valence-corrected chi connectivity index (χ4v) is 2.92. The van der Waals surface area contributed by atoms with Crippen LogP contribution in [0.1, 0.15) is 6.42 Å². The maximum absolute atomic E-state index is 11.4. The maximum Gasteiger partial charge on any atom is 0.309 e. The molecule has 2 N–H and O–H groups in total. The normalized spacial score (nSPS) is 23.1. The predicted molar refractivity (Wildman–Crippen MR) is 67.9 cm³/mol. The van der Waals surface area contributed by atoms with Gasteiger partial charge in [0.05, 0.1) is 5.60 Å². The largest absolute Gasteiger partial charge is 0.376 e. The Hall–Kier alpha value is -1.01.